The molecule has 0 heterocycles. The maximum absolute atomic E-state index is 13.0. The van der Waals surface area contributed by atoms with E-state index in [1.165, 1.54) is 4.31 Å². The Kier molecular flexibility index (Phi) is 6.46. The predicted octanol–water partition coefficient (Wildman–Crippen LogP) is 4.29. The summed E-state index contributed by atoms with van der Waals surface area (Å²) in [4.78, 5) is 11.0. The van der Waals surface area contributed by atoms with Gasteiger partial charge in [-0.3, -0.25) is 0 Å². The topological polar surface area (TPSA) is 74.7 Å². The van der Waals surface area contributed by atoms with E-state index in [0.29, 0.717) is 6.42 Å². The number of rotatable bonds is 7. The number of sulfonamides is 1. The van der Waals surface area contributed by atoms with Crippen molar-refractivity contribution < 1.29 is 18.3 Å². The molecule has 25 heavy (non-hydrogen) atoms. The summed E-state index contributed by atoms with van der Waals surface area (Å²) in [6.45, 7) is 2.30. The summed E-state index contributed by atoms with van der Waals surface area (Å²) in [7, 11) is -3.99. The minimum atomic E-state index is -3.99. The average molecular weight is 402 g/mol. The Balaban J connectivity index is 2.50. The monoisotopic (exact) mass is 401 g/mol. The molecule has 0 atom stereocenters. The summed E-state index contributed by atoms with van der Waals surface area (Å²) >= 11 is 11.9. The van der Waals surface area contributed by atoms with Gasteiger partial charge in [0.05, 0.1) is 15.6 Å². The van der Waals surface area contributed by atoms with E-state index in [-0.39, 0.29) is 33.6 Å². The first-order valence-corrected chi connectivity index (χ1v) is 9.73. The van der Waals surface area contributed by atoms with Crippen molar-refractivity contribution in [3.05, 3.63) is 63.6 Å². The number of hydrogen-bond acceptors (Lipinski definition) is 3. The second-order valence-corrected chi connectivity index (χ2v) is 8.11. The minimum absolute atomic E-state index is 0.107. The van der Waals surface area contributed by atoms with Crippen LogP contribution in [0, 0.1) is 0 Å². The van der Waals surface area contributed by atoms with Crippen molar-refractivity contribution in [2.75, 3.05) is 6.54 Å². The molecule has 0 aliphatic carbocycles. The molecular formula is C17H17Cl2NO4S. The lowest BCUT2D eigenvalue weighted by Crippen LogP contribution is -2.31. The molecule has 0 saturated carbocycles. The Labute approximate surface area is 156 Å². The molecule has 5 nitrogen and oxygen atoms in total. The molecular weight excluding hydrogens is 385 g/mol. The number of aromatic carboxylic acids is 1. The third-order valence-corrected chi connectivity index (χ3v) is 6.17. The molecule has 2 rings (SSSR count). The van der Waals surface area contributed by atoms with E-state index >= 15 is 0 Å². The van der Waals surface area contributed by atoms with Crippen molar-refractivity contribution >= 4 is 39.2 Å². The zero-order chi connectivity index (χ0) is 18.6. The van der Waals surface area contributed by atoms with E-state index < -0.39 is 16.0 Å². The highest BCUT2D eigenvalue weighted by Gasteiger charge is 2.28. The molecule has 134 valence electrons. The van der Waals surface area contributed by atoms with Crippen molar-refractivity contribution in [1.82, 2.24) is 4.31 Å². The van der Waals surface area contributed by atoms with Gasteiger partial charge in [0.15, 0.2) is 0 Å². The molecule has 8 heteroatoms. The fourth-order valence-corrected chi connectivity index (χ4v) is 4.70. The SMILES string of the molecule is CCCN(Cc1ccccc1)S(=O)(=O)c1cc(C(=O)O)c(Cl)cc1Cl. The zero-order valence-electron chi connectivity index (χ0n) is 13.4. The lowest BCUT2D eigenvalue weighted by molar-refractivity contribution is 0.0697. The minimum Gasteiger partial charge on any atom is -0.478 e. The molecule has 0 fully saturated rings. The van der Waals surface area contributed by atoms with Crippen LogP contribution in [0.2, 0.25) is 10.0 Å². The molecule has 2 aromatic rings. The standard InChI is InChI=1S/C17H17Cl2NO4S/c1-2-8-20(11-12-6-4-3-5-7-12)25(23,24)16-9-13(17(21)22)14(18)10-15(16)19/h3-7,9-10H,2,8,11H2,1H3,(H,21,22). The molecule has 0 radical (unpaired) electrons. The fraction of sp³-hybridized carbons (Fsp3) is 0.235. The summed E-state index contributed by atoms with van der Waals surface area (Å²) in [5.41, 5.74) is 0.517. The Morgan fingerprint density at radius 2 is 1.76 bits per heavy atom. The number of hydrogen-bond donors (Lipinski definition) is 1. The number of nitrogens with zero attached hydrogens (tertiary/aromatic N) is 1. The number of benzene rings is 2. The van der Waals surface area contributed by atoms with Gasteiger partial charge in [-0.15, -0.1) is 0 Å². The Morgan fingerprint density at radius 1 is 1.12 bits per heavy atom. The van der Waals surface area contributed by atoms with Crippen LogP contribution in [0.15, 0.2) is 47.4 Å². The second-order valence-electron chi connectivity index (χ2n) is 5.39. The number of carboxylic acids is 1. The van der Waals surface area contributed by atoms with Crippen LogP contribution in [0.25, 0.3) is 0 Å². The summed E-state index contributed by atoms with van der Waals surface area (Å²) < 4.78 is 27.4. The molecule has 0 amide bonds. The molecule has 0 spiro atoms. The Bertz CT molecular complexity index is 870. The third-order valence-electron chi connectivity index (χ3n) is 3.54. The first-order valence-electron chi connectivity index (χ1n) is 7.53. The molecule has 2 aromatic carbocycles. The average Bonchev–Trinajstić information content (AvgIpc) is 2.54. The van der Waals surface area contributed by atoms with Gasteiger partial charge in [0, 0.05) is 13.1 Å². The summed E-state index contributed by atoms with van der Waals surface area (Å²) in [5.74, 6) is -1.32. The van der Waals surface area contributed by atoms with E-state index in [9.17, 15) is 18.3 Å². The predicted molar refractivity (Wildman–Crippen MR) is 97.8 cm³/mol. The Morgan fingerprint density at radius 3 is 2.32 bits per heavy atom. The molecule has 0 unspecified atom stereocenters. The summed E-state index contributed by atoms with van der Waals surface area (Å²) in [6.07, 6.45) is 0.600. The van der Waals surface area contributed by atoms with Gasteiger partial charge in [0.1, 0.15) is 4.90 Å². The zero-order valence-corrected chi connectivity index (χ0v) is 15.8. The van der Waals surface area contributed by atoms with Crippen LogP contribution in [0.3, 0.4) is 0 Å². The number of carboxylic acid groups (broad SMARTS) is 1. The van der Waals surface area contributed by atoms with E-state index in [4.69, 9.17) is 23.2 Å². The van der Waals surface area contributed by atoms with Crippen molar-refractivity contribution in [3.63, 3.8) is 0 Å². The van der Waals surface area contributed by atoms with Gasteiger partial charge in [-0.1, -0.05) is 60.5 Å². The smallest absolute Gasteiger partial charge is 0.337 e. The summed E-state index contributed by atoms with van der Waals surface area (Å²) in [6, 6.07) is 11.3. The molecule has 0 aliphatic rings. The highest BCUT2D eigenvalue weighted by Crippen LogP contribution is 2.31. The van der Waals surface area contributed by atoms with Crippen molar-refractivity contribution in [2.45, 2.75) is 24.8 Å². The largest absolute Gasteiger partial charge is 0.478 e. The van der Waals surface area contributed by atoms with Gasteiger partial charge in [0.2, 0.25) is 10.0 Å². The van der Waals surface area contributed by atoms with Crippen LogP contribution < -0.4 is 0 Å². The van der Waals surface area contributed by atoms with E-state index in [1.807, 2.05) is 37.3 Å². The highest BCUT2D eigenvalue weighted by molar-refractivity contribution is 7.89. The van der Waals surface area contributed by atoms with Gasteiger partial charge in [-0.25, -0.2) is 13.2 Å². The van der Waals surface area contributed by atoms with Crippen LogP contribution in [0.1, 0.15) is 29.3 Å². The molecule has 1 N–H and O–H groups in total. The highest BCUT2D eigenvalue weighted by atomic mass is 35.5. The van der Waals surface area contributed by atoms with Gasteiger partial charge in [-0.05, 0) is 24.1 Å². The van der Waals surface area contributed by atoms with Crippen molar-refractivity contribution in [3.8, 4) is 0 Å². The van der Waals surface area contributed by atoms with Crippen LogP contribution >= 0.6 is 23.2 Å². The third kappa shape index (κ3) is 4.52. The summed E-state index contributed by atoms with van der Waals surface area (Å²) in [5, 5.41) is 8.97. The second kappa shape index (κ2) is 8.19. The van der Waals surface area contributed by atoms with E-state index in [2.05, 4.69) is 0 Å². The molecule has 0 aromatic heterocycles. The quantitative estimate of drug-likeness (QED) is 0.750. The lowest BCUT2D eigenvalue weighted by Gasteiger charge is -2.22. The lowest BCUT2D eigenvalue weighted by atomic mass is 10.2. The molecule has 0 aliphatic heterocycles. The molecule has 0 bridgehead atoms. The van der Waals surface area contributed by atoms with Crippen molar-refractivity contribution in [2.24, 2.45) is 0 Å². The Hall–Kier alpha value is -1.60. The van der Waals surface area contributed by atoms with E-state index in [1.54, 1.807) is 0 Å². The van der Waals surface area contributed by atoms with Gasteiger partial charge < -0.3 is 5.11 Å². The van der Waals surface area contributed by atoms with E-state index in [0.717, 1.165) is 17.7 Å². The maximum Gasteiger partial charge on any atom is 0.337 e. The first kappa shape index (κ1) is 19.7. The first-order chi connectivity index (χ1) is 11.8. The van der Waals surface area contributed by atoms with Crippen molar-refractivity contribution in [1.29, 1.82) is 0 Å². The van der Waals surface area contributed by atoms with Crippen LogP contribution in [0.5, 0.6) is 0 Å². The van der Waals surface area contributed by atoms with Crippen LogP contribution in [0.4, 0.5) is 0 Å². The molecule has 0 saturated heterocycles. The van der Waals surface area contributed by atoms with Crippen LogP contribution in [-0.2, 0) is 16.6 Å². The van der Waals surface area contributed by atoms with Gasteiger partial charge in [0.25, 0.3) is 0 Å². The number of carbonyl (C=O) groups is 1. The fourth-order valence-electron chi connectivity index (χ4n) is 2.35. The normalized spacial score (nSPS) is 11.7. The number of halogens is 2. The maximum atomic E-state index is 13.0. The van der Waals surface area contributed by atoms with Gasteiger partial charge in [-0.2, -0.15) is 4.31 Å². The van der Waals surface area contributed by atoms with Gasteiger partial charge >= 0.3 is 5.97 Å². The van der Waals surface area contributed by atoms with Crippen LogP contribution in [-0.4, -0.2) is 30.3 Å².